The molecule has 21 heavy (non-hydrogen) atoms. The largest absolute Gasteiger partial charge is 0.346 e. The first-order chi connectivity index (χ1) is 10.1. The number of fused-ring (bicyclic) bond motifs is 1. The van der Waals surface area contributed by atoms with E-state index in [2.05, 4.69) is 54.6 Å². The summed E-state index contributed by atoms with van der Waals surface area (Å²) in [6, 6.07) is 9.23. The molecule has 1 aromatic heterocycles. The van der Waals surface area contributed by atoms with Crippen LogP contribution in [0.1, 0.15) is 31.0 Å². The summed E-state index contributed by atoms with van der Waals surface area (Å²) in [5.41, 5.74) is 10.2. The summed E-state index contributed by atoms with van der Waals surface area (Å²) in [5.74, 6) is 0.809. The lowest BCUT2D eigenvalue weighted by atomic mass is 9.92. The van der Waals surface area contributed by atoms with Crippen molar-refractivity contribution in [2.24, 2.45) is 18.7 Å². The highest BCUT2D eigenvalue weighted by Crippen LogP contribution is 2.28. The van der Waals surface area contributed by atoms with E-state index in [9.17, 15) is 0 Å². The molecule has 2 aromatic rings. The number of nitrogens with two attached hydrogens (primary N) is 1. The number of benzene rings is 1. The molecule has 3 rings (SSSR count). The SMILES string of the molecule is Cc1c(CN2CCC(C)CC2CN)n(C)c2ccccc12. The lowest BCUT2D eigenvalue weighted by molar-refractivity contribution is 0.113. The highest BCUT2D eigenvalue weighted by atomic mass is 15.2. The van der Waals surface area contributed by atoms with Crippen molar-refractivity contribution < 1.29 is 0 Å². The number of para-hydroxylation sites is 1. The van der Waals surface area contributed by atoms with Crippen molar-refractivity contribution in [3.05, 3.63) is 35.5 Å². The van der Waals surface area contributed by atoms with Gasteiger partial charge in [0.15, 0.2) is 0 Å². The molecule has 114 valence electrons. The van der Waals surface area contributed by atoms with Crippen LogP contribution in [0.4, 0.5) is 0 Å². The molecular weight excluding hydrogens is 258 g/mol. The van der Waals surface area contributed by atoms with Gasteiger partial charge in [-0.2, -0.15) is 0 Å². The first-order valence-corrected chi connectivity index (χ1v) is 8.08. The lowest BCUT2D eigenvalue weighted by Crippen LogP contribution is -2.45. The zero-order valence-corrected chi connectivity index (χ0v) is 13.5. The number of hydrogen-bond donors (Lipinski definition) is 1. The summed E-state index contributed by atoms with van der Waals surface area (Å²) in [6.07, 6.45) is 2.53. The predicted molar refractivity (Wildman–Crippen MR) is 89.3 cm³/mol. The van der Waals surface area contributed by atoms with E-state index >= 15 is 0 Å². The molecule has 0 radical (unpaired) electrons. The van der Waals surface area contributed by atoms with Gasteiger partial charge in [-0.05, 0) is 43.9 Å². The fourth-order valence-corrected chi connectivity index (χ4v) is 3.81. The van der Waals surface area contributed by atoms with Crippen molar-refractivity contribution in [2.75, 3.05) is 13.1 Å². The number of piperidine rings is 1. The minimum atomic E-state index is 0.533. The molecule has 0 spiro atoms. The van der Waals surface area contributed by atoms with Crippen LogP contribution in [-0.4, -0.2) is 28.6 Å². The van der Waals surface area contributed by atoms with Gasteiger partial charge in [-0.3, -0.25) is 4.90 Å². The minimum Gasteiger partial charge on any atom is -0.346 e. The van der Waals surface area contributed by atoms with E-state index in [1.807, 2.05) is 0 Å². The van der Waals surface area contributed by atoms with Crippen molar-refractivity contribution in [1.29, 1.82) is 0 Å². The van der Waals surface area contributed by atoms with E-state index in [4.69, 9.17) is 5.73 Å². The maximum absolute atomic E-state index is 6.01. The van der Waals surface area contributed by atoms with E-state index in [-0.39, 0.29) is 0 Å². The summed E-state index contributed by atoms with van der Waals surface area (Å²) in [6.45, 7) is 7.56. The van der Waals surface area contributed by atoms with E-state index in [0.29, 0.717) is 6.04 Å². The average Bonchev–Trinajstić information content (AvgIpc) is 2.74. The molecule has 3 nitrogen and oxygen atoms in total. The molecule has 1 fully saturated rings. The highest BCUT2D eigenvalue weighted by Gasteiger charge is 2.26. The second-order valence-corrected chi connectivity index (χ2v) is 6.64. The van der Waals surface area contributed by atoms with Crippen LogP contribution in [0.2, 0.25) is 0 Å². The fraction of sp³-hybridized carbons (Fsp3) is 0.556. The molecule has 1 saturated heterocycles. The summed E-state index contributed by atoms with van der Waals surface area (Å²) in [5, 5.41) is 1.38. The lowest BCUT2D eigenvalue weighted by Gasteiger charge is -2.38. The van der Waals surface area contributed by atoms with Gasteiger partial charge in [-0.25, -0.2) is 0 Å². The van der Waals surface area contributed by atoms with E-state index in [0.717, 1.165) is 19.0 Å². The summed E-state index contributed by atoms with van der Waals surface area (Å²) in [4.78, 5) is 2.58. The molecule has 2 N–H and O–H groups in total. The minimum absolute atomic E-state index is 0.533. The third-order valence-electron chi connectivity index (χ3n) is 5.23. The Bertz CT molecular complexity index is 590. The van der Waals surface area contributed by atoms with Gasteiger partial charge in [0, 0.05) is 42.8 Å². The maximum atomic E-state index is 6.01. The molecule has 2 unspecified atom stereocenters. The van der Waals surface area contributed by atoms with Crippen LogP contribution in [0, 0.1) is 12.8 Å². The Labute approximate surface area is 127 Å². The van der Waals surface area contributed by atoms with E-state index < -0.39 is 0 Å². The van der Waals surface area contributed by atoms with E-state index in [1.165, 1.54) is 41.5 Å². The third kappa shape index (κ3) is 2.60. The Morgan fingerprint density at radius 1 is 1.29 bits per heavy atom. The number of aryl methyl sites for hydroxylation is 2. The van der Waals surface area contributed by atoms with Crippen LogP contribution < -0.4 is 5.73 Å². The second kappa shape index (κ2) is 5.82. The smallest absolute Gasteiger partial charge is 0.0483 e. The topological polar surface area (TPSA) is 34.2 Å². The molecule has 1 aromatic carbocycles. The number of likely N-dealkylation sites (tertiary alicyclic amines) is 1. The summed E-state index contributed by atoms with van der Waals surface area (Å²) < 4.78 is 2.36. The van der Waals surface area contributed by atoms with Crippen LogP contribution in [0.5, 0.6) is 0 Å². The first-order valence-electron chi connectivity index (χ1n) is 8.08. The molecule has 3 heteroatoms. The molecule has 1 aliphatic rings. The fourth-order valence-electron chi connectivity index (χ4n) is 3.81. The maximum Gasteiger partial charge on any atom is 0.0483 e. The predicted octanol–water partition coefficient (Wildman–Crippen LogP) is 3.05. The molecular formula is C18H27N3. The summed E-state index contributed by atoms with van der Waals surface area (Å²) in [7, 11) is 2.19. The van der Waals surface area contributed by atoms with Gasteiger partial charge in [-0.1, -0.05) is 25.1 Å². The van der Waals surface area contributed by atoms with Crippen molar-refractivity contribution in [3.63, 3.8) is 0 Å². The Morgan fingerprint density at radius 2 is 2.05 bits per heavy atom. The Hall–Kier alpha value is -1.32. The zero-order valence-electron chi connectivity index (χ0n) is 13.5. The Balaban J connectivity index is 1.91. The van der Waals surface area contributed by atoms with Gasteiger partial charge in [0.05, 0.1) is 0 Å². The van der Waals surface area contributed by atoms with Crippen molar-refractivity contribution >= 4 is 10.9 Å². The van der Waals surface area contributed by atoms with Gasteiger partial charge in [-0.15, -0.1) is 0 Å². The van der Waals surface area contributed by atoms with Crippen molar-refractivity contribution in [2.45, 2.75) is 39.3 Å². The molecule has 2 heterocycles. The van der Waals surface area contributed by atoms with Crippen LogP contribution in [0.25, 0.3) is 10.9 Å². The standard InChI is InChI=1S/C18H27N3/c1-13-8-9-21(15(10-13)11-19)12-18-14(2)16-6-4-5-7-17(16)20(18)3/h4-7,13,15H,8-12,19H2,1-3H3. The molecule has 1 aliphatic heterocycles. The number of aromatic nitrogens is 1. The molecule has 0 bridgehead atoms. The first kappa shape index (κ1) is 14.6. The van der Waals surface area contributed by atoms with Gasteiger partial charge in [0.2, 0.25) is 0 Å². The van der Waals surface area contributed by atoms with Gasteiger partial charge in [0.25, 0.3) is 0 Å². The molecule has 2 atom stereocenters. The van der Waals surface area contributed by atoms with Crippen LogP contribution in [0.15, 0.2) is 24.3 Å². The molecule has 0 aliphatic carbocycles. The van der Waals surface area contributed by atoms with Crippen molar-refractivity contribution in [1.82, 2.24) is 9.47 Å². The number of rotatable bonds is 3. The molecule has 0 amide bonds. The molecule has 0 saturated carbocycles. The normalized spacial score (nSPS) is 23.8. The van der Waals surface area contributed by atoms with Gasteiger partial charge < -0.3 is 10.3 Å². The average molecular weight is 285 g/mol. The number of nitrogens with zero attached hydrogens (tertiary/aromatic N) is 2. The van der Waals surface area contributed by atoms with Crippen LogP contribution in [-0.2, 0) is 13.6 Å². The highest BCUT2D eigenvalue weighted by molar-refractivity contribution is 5.85. The van der Waals surface area contributed by atoms with E-state index in [1.54, 1.807) is 0 Å². The van der Waals surface area contributed by atoms with Crippen LogP contribution >= 0.6 is 0 Å². The monoisotopic (exact) mass is 285 g/mol. The quantitative estimate of drug-likeness (QED) is 0.940. The summed E-state index contributed by atoms with van der Waals surface area (Å²) >= 11 is 0. The number of hydrogen-bond acceptors (Lipinski definition) is 2. The third-order valence-corrected chi connectivity index (χ3v) is 5.23. The zero-order chi connectivity index (χ0) is 15.0. The van der Waals surface area contributed by atoms with Crippen LogP contribution in [0.3, 0.4) is 0 Å². The van der Waals surface area contributed by atoms with Gasteiger partial charge in [0.1, 0.15) is 0 Å². The Morgan fingerprint density at radius 3 is 2.76 bits per heavy atom. The van der Waals surface area contributed by atoms with Crippen molar-refractivity contribution in [3.8, 4) is 0 Å². The second-order valence-electron chi connectivity index (χ2n) is 6.64. The van der Waals surface area contributed by atoms with Gasteiger partial charge >= 0.3 is 0 Å². The Kier molecular flexibility index (Phi) is 4.05.